The highest BCUT2D eigenvalue weighted by molar-refractivity contribution is 5.70. The Labute approximate surface area is 152 Å². The van der Waals surface area contributed by atoms with Crippen molar-refractivity contribution in [3.05, 3.63) is 23.9 Å². The number of rotatable bonds is 10. The molecule has 1 rings (SSSR count). The highest BCUT2D eigenvalue weighted by Crippen LogP contribution is 2.26. The lowest BCUT2D eigenvalue weighted by atomic mass is 10.1. The Kier molecular flexibility index (Phi) is 8.32. The van der Waals surface area contributed by atoms with Gasteiger partial charge >= 0.3 is 12.6 Å². The second-order valence-corrected chi connectivity index (χ2v) is 6.44. The van der Waals surface area contributed by atoms with Crippen LogP contribution in [0.4, 0.5) is 8.78 Å². The monoisotopic (exact) mass is 376 g/mol. The second-order valence-electron chi connectivity index (χ2n) is 6.44. The first kappa shape index (κ1) is 22.2. The maximum Gasteiger partial charge on any atom is 0.388 e. The van der Waals surface area contributed by atoms with E-state index in [0.29, 0.717) is 12.1 Å². The number of pyridine rings is 1. The molecule has 0 aliphatic carbocycles. The van der Waals surface area contributed by atoms with E-state index in [-0.39, 0.29) is 24.8 Å². The van der Waals surface area contributed by atoms with E-state index in [1.54, 1.807) is 20.8 Å². The lowest BCUT2D eigenvalue weighted by Crippen LogP contribution is -2.42. The van der Waals surface area contributed by atoms with E-state index in [1.165, 1.54) is 32.5 Å². The van der Waals surface area contributed by atoms with Crippen molar-refractivity contribution in [2.24, 2.45) is 0 Å². The number of carbonyl (C=O) groups excluding carboxylic acids is 1. The first-order chi connectivity index (χ1) is 12.1. The summed E-state index contributed by atoms with van der Waals surface area (Å²) < 4.78 is 44.8. The van der Waals surface area contributed by atoms with Crippen LogP contribution in [0.1, 0.15) is 32.8 Å². The predicted octanol–water partition coefficient (Wildman–Crippen LogP) is 2.45. The Morgan fingerprint density at radius 2 is 1.88 bits per heavy atom. The molecule has 0 aliphatic rings. The van der Waals surface area contributed by atoms with E-state index in [2.05, 4.69) is 15.0 Å². The molecule has 9 heteroatoms. The fourth-order valence-electron chi connectivity index (χ4n) is 2.17. The number of hydrogen-bond acceptors (Lipinski definition) is 7. The average molecular weight is 376 g/mol. The number of methoxy groups -OCH3 is 2. The number of aromatic nitrogens is 1. The molecule has 0 amide bonds. The summed E-state index contributed by atoms with van der Waals surface area (Å²) in [6.07, 6.45) is 1.51. The molecule has 26 heavy (non-hydrogen) atoms. The number of carbonyl (C=O) groups is 1. The van der Waals surface area contributed by atoms with Gasteiger partial charge in [0.25, 0.3) is 0 Å². The van der Waals surface area contributed by atoms with Crippen molar-refractivity contribution in [2.45, 2.75) is 45.2 Å². The summed E-state index contributed by atoms with van der Waals surface area (Å²) >= 11 is 0. The van der Waals surface area contributed by atoms with Crippen molar-refractivity contribution in [2.75, 3.05) is 27.3 Å². The van der Waals surface area contributed by atoms with Gasteiger partial charge in [-0.25, -0.2) is 4.98 Å². The van der Waals surface area contributed by atoms with Crippen LogP contribution in [0, 0.1) is 0 Å². The van der Waals surface area contributed by atoms with Gasteiger partial charge < -0.3 is 24.3 Å². The van der Waals surface area contributed by atoms with Crippen LogP contribution in [-0.4, -0.2) is 50.5 Å². The Morgan fingerprint density at radius 3 is 2.35 bits per heavy atom. The van der Waals surface area contributed by atoms with E-state index in [4.69, 9.17) is 14.2 Å². The van der Waals surface area contributed by atoms with Crippen molar-refractivity contribution in [3.63, 3.8) is 0 Å². The largest absolute Gasteiger partial charge is 0.460 e. The standard InChI is InChI=1S/C17H26F2N2O5/c1-16(2,3)26-14(22)8-9-20-11-17(23-4,24-5)12-6-7-13(21-10-12)25-15(18)19/h6-7,10,15,20H,8-9,11H2,1-5H3. The molecule has 0 saturated heterocycles. The van der Waals surface area contributed by atoms with Crippen LogP contribution in [0.2, 0.25) is 0 Å². The highest BCUT2D eigenvalue weighted by Gasteiger charge is 2.32. The molecule has 0 radical (unpaired) electrons. The topological polar surface area (TPSA) is 78.9 Å². The van der Waals surface area contributed by atoms with Gasteiger partial charge in [-0.2, -0.15) is 8.78 Å². The lowest BCUT2D eigenvalue weighted by Gasteiger charge is -2.31. The Hall–Kier alpha value is -1.84. The zero-order valence-corrected chi connectivity index (χ0v) is 15.7. The van der Waals surface area contributed by atoms with Crippen molar-refractivity contribution in [1.82, 2.24) is 10.3 Å². The third-order valence-corrected chi connectivity index (χ3v) is 3.33. The van der Waals surface area contributed by atoms with E-state index in [9.17, 15) is 13.6 Å². The average Bonchev–Trinajstić information content (AvgIpc) is 2.54. The van der Waals surface area contributed by atoms with E-state index in [0.717, 1.165) is 0 Å². The maximum atomic E-state index is 12.2. The zero-order chi connectivity index (χ0) is 19.8. The molecular formula is C17H26F2N2O5. The van der Waals surface area contributed by atoms with E-state index >= 15 is 0 Å². The van der Waals surface area contributed by atoms with Gasteiger partial charge in [0.15, 0.2) is 0 Å². The van der Waals surface area contributed by atoms with E-state index in [1.807, 2.05) is 0 Å². The fourth-order valence-corrected chi connectivity index (χ4v) is 2.17. The fraction of sp³-hybridized carbons (Fsp3) is 0.647. The lowest BCUT2D eigenvalue weighted by molar-refractivity contribution is -0.212. The number of nitrogens with zero attached hydrogens (tertiary/aromatic N) is 1. The molecule has 0 atom stereocenters. The second kappa shape index (κ2) is 9.75. The van der Waals surface area contributed by atoms with Crippen LogP contribution >= 0.6 is 0 Å². The molecule has 0 fully saturated rings. The van der Waals surface area contributed by atoms with Gasteiger partial charge in [-0.05, 0) is 26.8 Å². The Bertz CT molecular complexity index is 557. The van der Waals surface area contributed by atoms with Crippen LogP contribution in [0.15, 0.2) is 18.3 Å². The molecule has 1 N–H and O–H groups in total. The quantitative estimate of drug-likeness (QED) is 0.382. The molecule has 0 bridgehead atoms. The van der Waals surface area contributed by atoms with Gasteiger partial charge in [-0.15, -0.1) is 0 Å². The summed E-state index contributed by atoms with van der Waals surface area (Å²) in [6.45, 7) is 3.01. The molecular weight excluding hydrogens is 350 g/mol. The number of alkyl halides is 2. The summed E-state index contributed by atoms with van der Waals surface area (Å²) in [5, 5.41) is 3.06. The third-order valence-electron chi connectivity index (χ3n) is 3.33. The zero-order valence-electron chi connectivity index (χ0n) is 15.7. The molecule has 148 valence electrons. The van der Waals surface area contributed by atoms with Gasteiger partial charge in [-0.3, -0.25) is 4.79 Å². The third kappa shape index (κ3) is 7.19. The molecule has 0 aromatic carbocycles. The minimum atomic E-state index is -2.95. The van der Waals surface area contributed by atoms with Gasteiger partial charge in [0, 0.05) is 38.6 Å². The van der Waals surface area contributed by atoms with Crippen LogP contribution in [0.25, 0.3) is 0 Å². The summed E-state index contributed by atoms with van der Waals surface area (Å²) in [4.78, 5) is 15.5. The van der Waals surface area contributed by atoms with Gasteiger partial charge in [0.1, 0.15) is 5.60 Å². The number of hydrogen-bond donors (Lipinski definition) is 1. The molecule has 1 heterocycles. The van der Waals surface area contributed by atoms with Crippen molar-refractivity contribution < 1.29 is 32.5 Å². The highest BCUT2D eigenvalue weighted by atomic mass is 19.3. The van der Waals surface area contributed by atoms with Crippen molar-refractivity contribution in [1.29, 1.82) is 0 Å². The first-order valence-corrected chi connectivity index (χ1v) is 8.06. The van der Waals surface area contributed by atoms with Gasteiger partial charge in [0.05, 0.1) is 13.0 Å². The summed E-state index contributed by atoms with van der Waals surface area (Å²) in [5.41, 5.74) is -0.0259. The number of esters is 1. The van der Waals surface area contributed by atoms with Crippen LogP contribution in [0.5, 0.6) is 5.88 Å². The predicted molar refractivity (Wildman–Crippen MR) is 89.9 cm³/mol. The normalized spacial score (nSPS) is 12.3. The molecule has 0 aliphatic heterocycles. The Morgan fingerprint density at radius 1 is 1.23 bits per heavy atom. The van der Waals surface area contributed by atoms with Crippen LogP contribution < -0.4 is 10.1 Å². The maximum absolute atomic E-state index is 12.2. The Balaban J connectivity index is 2.65. The summed E-state index contributed by atoms with van der Waals surface area (Å²) in [5.74, 6) is -1.71. The first-order valence-electron chi connectivity index (χ1n) is 8.06. The minimum absolute atomic E-state index is 0.181. The van der Waals surface area contributed by atoms with Crippen molar-refractivity contribution >= 4 is 5.97 Å². The molecule has 0 unspecified atom stereocenters. The van der Waals surface area contributed by atoms with Gasteiger partial charge in [-0.1, -0.05) is 0 Å². The van der Waals surface area contributed by atoms with Crippen LogP contribution in [-0.2, 0) is 24.8 Å². The smallest absolute Gasteiger partial charge is 0.388 e. The molecule has 0 spiro atoms. The molecule has 0 saturated carbocycles. The number of ether oxygens (including phenoxy) is 4. The molecule has 7 nitrogen and oxygen atoms in total. The molecule has 1 aromatic rings. The van der Waals surface area contributed by atoms with Crippen molar-refractivity contribution in [3.8, 4) is 5.88 Å². The summed E-state index contributed by atoms with van der Waals surface area (Å²) in [7, 11) is 2.89. The summed E-state index contributed by atoms with van der Waals surface area (Å²) in [6, 6.07) is 2.82. The van der Waals surface area contributed by atoms with Crippen LogP contribution in [0.3, 0.4) is 0 Å². The van der Waals surface area contributed by atoms with E-state index < -0.39 is 18.0 Å². The number of halogens is 2. The number of nitrogens with one attached hydrogen (secondary N) is 1. The molecule has 1 aromatic heterocycles. The minimum Gasteiger partial charge on any atom is -0.460 e. The van der Waals surface area contributed by atoms with Gasteiger partial charge in [0.2, 0.25) is 11.7 Å². The SMILES string of the molecule is COC(CNCCC(=O)OC(C)(C)C)(OC)c1ccc(OC(F)F)nc1.